The molecule has 0 radical (unpaired) electrons. The molecule has 0 bridgehead atoms. The summed E-state index contributed by atoms with van der Waals surface area (Å²) in [5.41, 5.74) is 8.70. The van der Waals surface area contributed by atoms with E-state index in [4.69, 9.17) is 5.73 Å². The zero-order valence-corrected chi connectivity index (χ0v) is 10.2. The standard InChI is InChI=1S/C13H21N3/c1-10-7-15-5-3-12(10)9-16-6-4-13(14)11(2)8-16/h3,5,7,11,13H,4,6,8-9,14H2,1-2H3. The van der Waals surface area contributed by atoms with E-state index in [0.29, 0.717) is 12.0 Å². The summed E-state index contributed by atoms with van der Waals surface area (Å²) < 4.78 is 0. The Kier molecular flexibility index (Phi) is 3.56. The summed E-state index contributed by atoms with van der Waals surface area (Å²) in [5, 5.41) is 0. The van der Waals surface area contributed by atoms with Crippen molar-refractivity contribution in [3.8, 4) is 0 Å². The fraction of sp³-hybridized carbons (Fsp3) is 0.615. The van der Waals surface area contributed by atoms with Crippen LogP contribution < -0.4 is 5.73 Å². The monoisotopic (exact) mass is 219 g/mol. The van der Waals surface area contributed by atoms with Crippen LogP contribution in [0.25, 0.3) is 0 Å². The molecule has 3 nitrogen and oxygen atoms in total. The summed E-state index contributed by atoms with van der Waals surface area (Å²) in [6.07, 6.45) is 4.93. The third-order valence-corrected chi connectivity index (χ3v) is 3.59. The van der Waals surface area contributed by atoms with Crippen LogP contribution in [0.2, 0.25) is 0 Å². The van der Waals surface area contributed by atoms with Gasteiger partial charge in [0, 0.05) is 31.5 Å². The van der Waals surface area contributed by atoms with E-state index in [1.54, 1.807) is 0 Å². The Morgan fingerprint density at radius 3 is 3.06 bits per heavy atom. The molecule has 2 heterocycles. The van der Waals surface area contributed by atoms with Gasteiger partial charge in [-0.25, -0.2) is 0 Å². The van der Waals surface area contributed by atoms with Gasteiger partial charge in [-0.2, -0.15) is 0 Å². The van der Waals surface area contributed by atoms with Crippen molar-refractivity contribution < 1.29 is 0 Å². The van der Waals surface area contributed by atoms with Crippen molar-refractivity contribution in [1.29, 1.82) is 0 Å². The van der Waals surface area contributed by atoms with Crippen LogP contribution in [0.5, 0.6) is 0 Å². The van der Waals surface area contributed by atoms with Crippen molar-refractivity contribution in [3.05, 3.63) is 29.6 Å². The van der Waals surface area contributed by atoms with Gasteiger partial charge in [0.2, 0.25) is 0 Å². The van der Waals surface area contributed by atoms with E-state index in [2.05, 4.69) is 29.8 Å². The maximum Gasteiger partial charge on any atom is 0.0300 e. The largest absolute Gasteiger partial charge is 0.327 e. The number of hydrogen-bond donors (Lipinski definition) is 1. The second kappa shape index (κ2) is 4.93. The fourth-order valence-corrected chi connectivity index (χ4v) is 2.31. The maximum atomic E-state index is 6.03. The van der Waals surface area contributed by atoms with Crippen molar-refractivity contribution in [2.24, 2.45) is 11.7 Å². The van der Waals surface area contributed by atoms with Gasteiger partial charge in [0.1, 0.15) is 0 Å². The van der Waals surface area contributed by atoms with E-state index in [1.165, 1.54) is 11.1 Å². The van der Waals surface area contributed by atoms with Gasteiger partial charge in [-0.3, -0.25) is 9.88 Å². The quantitative estimate of drug-likeness (QED) is 0.820. The lowest BCUT2D eigenvalue weighted by atomic mass is 9.94. The number of rotatable bonds is 2. The molecule has 16 heavy (non-hydrogen) atoms. The maximum absolute atomic E-state index is 6.03. The average molecular weight is 219 g/mol. The molecule has 2 rings (SSSR count). The number of aryl methyl sites for hydroxylation is 1. The molecule has 2 atom stereocenters. The van der Waals surface area contributed by atoms with Crippen LogP contribution in [0.3, 0.4) is 0 Å². The smallest absolute Gasteiger partial charge is 0.0300 e. The van der Waals surface area contributed by atoms with Crippen LogP contribution in [0.4, 0.5) is 0 Å². The Balaban J connectivity index is 1.98. The van der Waals surface area contributed by atoms with Gasteiger partial charge in [0.25, 0.3) is 0 Å². The molecular weight excluding hydrogens is 198 g/mol. The van der Waals surface area contributed by atoms with E-state index >= 15 is 0 Å². The highest BCUT2D eigenvalue weighted by Crippen LogP contribution is 2.18. The van der Waals surface area contributed by atoms with Gasteiger partial charge in [0.15, 0.2) is 0 Å². The Labute approximate surface area is 97.7 Å². The number of nitrogens with two attached hydrogens (primary N) is 1. The zero-order chi connectivity index (χ0) is 11.5. The fourth-order valence-electron chi connectivity index (χ4n) is 2.31. The van der Waals surface area contributed by atoms with Gasteiger partial charge >= 0.3 is 0 Å². The van der Waals surface area contributed by atoms with Crippen molar-refractivity contribution in [3.63, 3.8) is 0 Å². The molecule has 0 aromatic carbocycles. The van der Waals surface area contributed by atoms with E-state index in [0.717, 1.165) is 26.1 Å². The third kappa shape index (κ3) is 2.60. The van der Waals surface area contributed by atoms with Crippen molar-refractivity contribution >= 4 is 0 Å². The highest BCUT2D eigenvalue weighted by atomic mass is 15.1. The highest BCUT2D eigenvalue weighted by molar-refractivity contribution is 5.21. The first-order valence-electron chi connectivity index (χ1n) is 6.04. The van der Waals surface area contributed by atoms with Gasteiger partial charge in [0.05, 0.1) is 0 Å². The van der Waals surface area contributed by atoms with Crippen molar-refractivity contribution in [1.82, 2.24) is 9.88 Å². The SMILES string of the molecule is Cc1cnccc1CN1CCC(N)C(C)C1. The predicted molar refractivity (Wildman–Crippen MR) is 66.0 cm³/mol. The zero-order valence-electron chi connectivity index (χ0n) is 10.2. The lowest BCUT2D eigenvalue weighted by molar-refractivity contribution is 0.157. The minimum absolute atomic E-state index is 0.384. The van der Waals surface area contributed by atoms with Gasteiger partial charge in [-0.1, -0.05) is 6.92 Å². The highest BCUT2D eigenvalue weighted by Gasteiger charge is 2.23. The first-order chi connectivity index (χ1) is 7.66. The molecule has 1 aliphatic heterocycles. The van der Waals surface area contributed by atoms with Gasteiger partial charge < -0.3 is 5.73 Å². The summed E-state index contributed by atoms with van der Waals surface area (Å²) in [4.78, 5) is 6.62. The first kappa shape index (κ1) is 11.6. The molecule has 1 aromatic rings. The second-order valence-electron chi connectivity index (χ2n) is 4.97. The van der Waals surface area contributed by atoms with E-state index in [-0.39, 0.29) is 0 Å². The summed E-state index contributed by atoms with van der Waals surface area (Å²) in [7, 11) is 0. The Morgan fingerprint density at radius 2 is 2.38 bits per heavy atom. The number of hydrogen-bond acceptors (Lipinski definition) is 3. The number of piperidine rings is 1. The van der Waals surface area contributed by atoms with E-state index in [9.17, 15) is 0 Å². The summed E-state index contributed by atoms with van der Waals surface area (Å²) in [6, 6.07) is 2.50. The molecule has 0 spiro atoms. The Morgan fingerprint density at radius 1 is 1.56 bits per heavy atom. The number of likely N-dealkylation sites (tertiary alicyclic amines) is 1. The molecule has 0 aliphatic carbocycles. The lowest BCUT2D eigenvalue weighted by Crippen LogP contribution is -2.45. The van der Waals surface area contributed by atoms with Crippen LogP contribution in [-0.4, -0.2) is 29.0 Å². The topological polar surface area (TPSA) is 42.2 Å². The molecule has 1 fully saturated rings. The number of aromatic nitrogens is 1. The van der Waals surface area contributed by atoms with E-state index < -0.39 is 0 Å². The molecule has 0 amide bonds. The molecule has 2 N–H and O–H groups in total. The third-order valence-electron chi connectivity index (χ3n) is 3.59. The number of nitrogens with zero attached hydrogens (tertiary/aromatic N) is 2. The number of pyridine rings is 1. The summed E-state index contributed by atoms with van der Waals surface area (Å²) in [6.45, 7) is 7.64. The molecular formula is C13H21N3. The van der Waals surface area contributed by atoms with Gasteiger partial charge in [-0.05, 0) is 43.0 Å². The van der Waals surface area contributed by atoms with Crippen LogP contribution in [0.15, 0.2) is 18.5 Å². The van der Waals surface area contributed by atoms with Crippen LogP contribution in [0, 0.1) is 12.8 Å². The minimum atomic E-state index is 0.384. The summed E-state index contributed by atoms with van der Waals surface area (Å²) in [5.74, 6) is 0.607. The van der Waals surface area contributed by atoms with Crippen LogP contribution >= 0.6 is 0 Å². The van der Waals surface area contributed by atoms with E-state index in [1.807, 2.05) is 12.4 Å². The molecule has 1 aromatic heterocycles. The van der Waals surface area contributed by atoms with Crippen molar-refractivity contribution in [2.75, 3.05) is 13.1 Å². The second-order valence-corrected chi connectivity index (χ2v) is 4.97. The molecule has 1 saturated heterocycles. The Bertz CT molecular complexity index is 351. The van der Waals surface area contributed by atoms with Crippen molar-refractivity contribution in [2.45, 2.75) is 32.9 Å². The molecule has 1 aliphatic rings. The minimum Gasteiger partial charge on any atom is -0.327 e. The normalized spacial score (nSPS) is 26.9. The lowest BCUT2D eigenvalue weighted by Gasteiger charge is -2.35. The molecule has 3 heteroatoms. The average Bonchev–Trinajstić information content (AvgIpc) is 2.27. The van der Waals surface area contributed by atoms with Crippen LogP contribution in [-0.2, 0) is 6.54 Å². The summed E-state index contributed by atoms with van der Waals surface area (Å²) >= 11 is 0. The van der Waals surface area contributed by atoms with Gasteiger partial charge in [-0.15, -0.1) is 0 Å². The predicted octanol–water partition coefficient (Wildman–Crippen LogP) is 1.56. The van der Waals surface area contributed by atoms with Crippen LogP contribution in [0.1, 0.15) is 24.5 Å². The first-order valence-corrected chi connectivity index (χ1v) is 6.04. The molecule has 88 valence electrons. The molecule has 0 saturated carbocycles. The molecule has 2 unspecified atom stereocenters. The Hall–Kier alpha value is -0.930.